The Morgan fingerprint density at radius 1 is 1.30 bits per heavy atom. The molecule has 1 aliphatic rings. The van der Waals surface area contributed by atoms with E-state index in [9.17, 15) is 0 Å². The molecule has 1 heterocycles. The van der Waals surface area contributed by atoms with E-state index in [1.165, 1.54) is 12.8 Å². The van der Waals surface area contributed by atoms with Gasteiger partial charge in [0.05, 0.1) is 6.54 Å². The summed E-state index contributed by atoms with van der Waals surface area (Å²) in [5, 5.41) is 12.1. The lowest BCUT2D eigenvalue weighted by atomic mass is 9.92. The average molecular weight is 272 g/mol. The number of nitrogens with zero attached hydrogens (tertiary/aromatic N) is 4. The van der Waals surface area contributed by atoms with E-state index in [-0.39, 0.29) is 0 Å². The largest absolute Gasteiger partial charge is 0.399 e. The summed E-state index contributed by atoms with van der Waals surface area (Å²) in [6.45, 7) is 5.36. The predicted octanol–water partition coefficient (Wildman–Crippen LogP) is 1.94. The number of benzene rings is 1. The summed E-state index contributed by atoms with van der Waals surface area (Å²) in [4.78, 5) is 0. The standard InChI is InChI=1S/C14H20N6/c1-9(2)14(5-6-14)8-20-13(17-18-19-20)11-4-3-10(15)7-12(11)16/h3-4,7,9H,5-6,8,15-16H2,1-2H3. The molecule has 3 rings (SSSR count). The van der Waals surface area contributed by atoms with E-state index in [0.717, 1.165) is 17.9 Å². The van der Waals surface area contributed by atoms with E-state index >= 15 is 0 Å². The second kappa shape index (κ2) is 4.47. The summed E-state index contributed by atoms with van der Waals surface area (Å²) in [7, 11) is 0. The molecule has 0 amide bonds. The summed E-state index contributed by atoms with van der Waals surface area (Å²) in [5.74, 6) is 1.35. The molecule has 0 unspecified atom stereocenters. The molecule has 0 aliphatic heterocycles. The molecule has 2 aromatic rings. The Balaban J connectivity index is 1.94. The van der Waals surface area contributed by atoms with Gasteiger partial charge in [0.25, 0.3) is 0 Å². The molecule has 106 valence electrons. The number of hydrogen-bond donors (Lipinski definition) is 2. The van der Waals surface area contributed by atoms with Gasteiger partial charge in [-0.3, -0.25) is 0 Å². The molecular weight excluding hydrogens is 252 g/mol. The Bertz CT molecular complexity index is 626. The summed E-state index contributed by atoms with van der Waals surface area (Å²) < 4.78 is 1.87. The van der Waals surface area contributed by atoms with Gasteiger partial charge < -0.3 is 11.5 Å². The molecule has 20 heavy (non-hydrogen) atoms. The lowest BCUT2D eigenvalue weighted by Gasteiger charge is -2.19. The van der Waals surface area contributed by atoms with Crippen molar-refractivity contribution in [2.75, 3.05) is 11.5 Å². The van der Waals surface area contributed by atoms with Crippen molar-refractivity contribution >= 4 is 11.4 Å². The van der Waals surface area contributed by atoms with Crippen molar-refractivity contribution in [1.29, 1.82) is 0 Å². The molecule has 0 atom stereocenters. The van der Waals surface area contributed by atoms with Crippen LogP contribution in [0.4, 0.5) is 11.4 Å². The molecule has 0 saturated heterocycles. The fourth-order valence-corrected chi connectivity index (χ4v) is 2.67. The van der Waals surface area contributed by atoms with Crippen molar-refractivity contribution in [3.63, 3.8) is 0 Å². The summed E-state index contributed by atoms with van der Waals surface area (Å²) in [6.07, 6.45) is 2.47. The maximum absolute atomic E-state index is 6.03. The minimum atomic E-state index is 0.340. The number of nitrogen functional groups attached to an aromatic ring is 2. The molecule has 1 fully saturated rings. The first-order valence-corrected chi connectivity index (χ1v) is 6.93. The molecule has 0 bridgehead atoms. The van der Waals surface area contributed by atoms with E-state index in [4.69, 9.17) is 11.5 Å². The first-order chi connectivity index (χ1) is 9.52. The summed E-state index contributed by atoms with van der Waals surface area (Å²) in [6, 6.07) is 5.44. The van der Waals surface area contributed by atoms with Crippen LogP contribution in [-0.2, 0) is 6.54 Å². The number of aromatic nitrogens is 4. The van der Waals surface area contributed by atoms with Gasteiger partial charge in [0.15, 0.2) is 5.82 Å². The molecule has 1 aromatic carbocycles. The van der Waals surface area contributed by atoms with Crippen LogP contribution < -0.4 is 11.5 Å². The van der Waals surface area contributed by atoms with E-state index in [0.29, 0.717) is 22.7 Å². The molecule has 1 aliphatic carbocycles. The molecule has 0 spiro atoms. The smallest absolute Gasteiger partial charge is 0.184 e. The molecule has 1 aromatic heterocycles. The summed E-state index contributed by atoms with van der Waals surface area (Å²) >= 11 is 0. The van der Waals surface area contributed by atoms with E-state index in [1.807, 2.05) is 16.8 Å². The topological polar surface area (TPSA) is 95.6 Å². The highest BCUT2D eigenvalue weighted by Crippen LogP contribution is 2.53. The molecule has 4 N–H and O–H groups in total. The van der Waals surface area contributed by atoms with Crippen LogP contribution in [0.25, 0.3) is 11.4 Å². The minimum absolute atomic E-state index is 0.340. The van der Waals surface area contributed by atoms with Crippen molar-refractivity contribution in [1.82, 2.24) is 20.2 Å². The van der Waals surface area contributed by atoms with Crippen molar-refractivity contribution in [2.24, 2.45) is 11.3 Å². The SMILES string of the molecule is CC(C)C1(Cn2nnnc2-c2ccc(N)cc2N)CC1. The van der Waals surface area contributed by atoms with Gasteiger partial charge in [-0.15, -0.1) is 5.10 Å². The van der Waals surface area contributed by atoms with Crippen LogP contribution in [0.1, 0.15) is 26.7 Å². The van der Waals surface area contributed by atoms with Gasteiger partial charge in [-0.2, -0.15) is 0 Å². The van der Waals surface area contributed by atoms with Crippen LogP contribution in [0, 0.1) is 11.3 Å². The molecule has 6 heteroatoms. The van der Waals surface area contributed by atoms with Crippen LogP contribution in [0.5, 0.6) is 0 Å². The highest BCUT2D eigenvalue weighted by molar-refractivity contribution is 5.74. The average Bonchev–Trinajstić information content (AvgIpc) is 3.03. The van der Waals surface area contributed by atoms with Gasteiger partial charge in [-0.05, 0) is 52.8 Å². The van der Waals surface area contributed by atoms with Crippen molar-refractivity contribution in [3.05, 3.63) is 18.2 Å². The lowest BCUT2D eigenvalue weighted by molar-refractivity contribution is 0.294. The monoisotopic (exact) mass is 272 g/mol. The summed E-state index contributed by atoms with van der Waals surface area (Å²) in [5.41, 5.74) is 14.2. The molecular formula is C14H20N6. The van der Waals surface area contributed by atoms with Crippen molar-refractivity contribution < 1.29 is 0 Å². The van der Waals surface area contributed by atoms with Gasteiger partial charge in [-0.1, -0.05) is 13.8 Å². The third-order valence-corrected chi connectivity index (χ3v) is 4.43. The zero-order chi connectivity index (χ0) is 14.3. The van der Waals surface area contributed by atoms with Crippen molar-refractivity contribution in [3.8, 4) is 11.4 Å². The van der Waals surface area contributed by atoms with Gasteiger partial charge >= 0.3 is 0 Å². The number of rotatable bonds is 4. The van der Waals surface area contributed by atoms with Crippen LogP contribution >= 0.6 is 0 Å². The Morgan fingerprint density at radius 3 is 2.65 bits per heavy atom. The van der Waals surface area contributed by atoms with Gasteiger partial charge in [0.2, 0.25) is 0 Å². The normalized spacial score (nSPS) is 16.6. The molecule has 1 saturated carbocycles. The van der Waals surface area contributed by atoms with Crippen LogP contribution in [0.3, 0.4) is 0 Å². The predicted molar refractivity (Wildman–Crippen MR) is 78.6 cm³/mol. The Labute approximate surface area is 118 Å². The Morgan fingerprint density at radius 2 is 2.05 bits per heavy atom. The molecule has 0 radical (unpaired) electrons. The van der Waals surface area contributed by atoms with Gasteiger partial charge in [0, 0.05) is 16.9 Å². The Kier molecular flexibility index (Phi) is 2.88. The highest BCUT2D eigenvalue weighted by atomic mass is 15.5. The molecule has 6 nitrogen and oxygen atoms in total. The number of hydrogen-bond acceptors (Lipinski definition) is 5. The fraction of sp³-hybridized carbons (Fsp3) is 0.500. The number of nitrogens with two attached hydrogens (primary N) is 2. The van der Waals surface area contributed by atoms with E-state index in [1.54, 1.807) is 6.07 Å². The first-order valence-electron chi connectivity index (χ1n) is 6.93. The minimum Gasteiger partial charge on any atom is -0.399 e. The fourth-order valence-electron chi connectivity index (χ4n) is 2.67. The third-order valence-electron chi connectivity index (χ3n) is 4.43. The maximum Gasteiger partial charge on any atom is 0.184 e. The number of anilines is 2. The van der Waals surface area contributed by atoms with E-state index in [2.05, 4.69) is 29.4 Å². The lowest BCUT2D eigenvalue weighted by Crippen LogP contribution is -2.19. The van der Waals surface area contributed by atoms with Gasteiger partial charge in [0.1, 0.15) is 0 Å². The first kappa shape index (κ1) is 12.9. The zero-order valence-corrected chi connectivity index (χ0v) is 11.9. The second-order valence-electron chi connectivity index (χ2n) is 6.02. The third kappa shape index (κ3) is 2.11. The van der Waals surface area contributed by atoms with Gasteiger partial charge in [-0.25, -0.2) is 4.68 Å². The van der Waals surface area contributed by atoms with Crippen LogP contribution in [-0.4, -0.2) is 20.2 Å². The zero-order valence-electron chi connectivity index (χ0n) is 11.9. The van der Waals surface area contributed by atoms with Crippen molar-refractivity contribution in [2.45, 2.75) is 33.2 Å². The number of tetrazole rings is 1. The maximum atomic E-state index is 6.03. The van der Waals surface area contributed by atoms with Crippen LogP contribution in [0.2, 0.25) is 0 Å². The Hall–Kier alpha value is -2.11. The van der Waals surface area contributed by atoms with E-state index < -0.39 is 0 Å². The quantitative estimate of drug-likeness (QED) is 0.829. The highest BCUT2D eigenvalue weighted by Gasteiger charge is 2.46. The second-order valence-corrected chi connectivity index (χ2v) is 6.02. The van der Waals surface area contributed by atoms with Crippen LogP contribution in [0.15, 0.2) is 18.2 Å².